The van der Waals surface area contributed by atoms with E-state index in [1.54, 1.807) is 13.8 Å². The summed E-state index contributed by atoms with van der Waals surface area (Å²) in [5.41, 5.74) is 3.59. The first-order valence-corrected chi connectivity index (χ1v) is 12.4. The molecule has 2 aliphatic rings. The summed E-state index contributed by atoms with van der Waals surface area (Å²) in [4.78, 5) is 4.24. The standard InChI is InChI=1S/C22H24ClN7O2S/c1-3-29(4-2)33(31,32)28-22(23)30-14-19(16-8-6-5-7-9-16)20(27-30)17-10-12-18(13-11-17)21-24-15-25-26-21/h5-13,19H,3-4,14-15H2,1-2H3. The molecule has 0 N–H and O–H groups in total. The first-order chi connectivity index (χ1) is 15.9. The molecule has 0 aliphatic carbocycles. The average molecular weight is 486 g/mol. The van der Waals surface area contributed by atoms with Gasteiger partial charge in [-0.3, -0.25) is 0 Å². The molecule has 0 radical (unpaired) electrons. The highest BCUT2D eigenvalue weighted by atomic mass is 35.5. The molecule has 33 heavy (non-hydrogen) atoms. The highest BCUT2D eigenvalue weighted by Gasteiger charge is 2.32. The number of hydrogen-bond donors (Lipinski definition) is 0. The number of benzene rings is 2. The molecule has 0 saturated heterocycles. The molecule has 1 atom stereocenters. The van der Waals surface area contributed by atoms with Crippen molar-refractivity contribution in [1.29, 1.82) is 0 Å². The number of hydrogen-bond acceptors (Lipinski definition) is 6. The third-order valence-corrected chi connectivity index (χ3v) is 7.39. The van der Waals surface area contributed by atoms with E-state index in [0.717, 1.165) is 22.4 Å². The Morgan fingerprint density at radius 3 is 2.36 bits per heavy atom. The minimum atomic E-state index is -3.89. The fourth-order valence-electron chi connectivity index (χ4n) is 3.74. The van der Waals surface area contributed by atoms with Crippen LogP contribution in [-0.4, -0.2) is 60.9 Å². The largest absolute Gasteiger partial charge is 0.325 e. The van der Waals surface area contributed by atoms with E-state index in [1.165, 1.54) is 9.31 Å². The van der Waals surface area contributed by atoms with Crippen LogP contribution >= 0.6 is 11.6 Å². The van der Waals surface area contributed by atoms with E-state index in [-0.39, 0.29) is 11.2 Å². The van der Waals surface area contributed by atoms with Crippen molar-refractivity contribution in [2.45, 2.75) is 19.8 Å². The van der Waals surface area contributed by atoms with Crippen molar-refractivity contribution in [3.63, 3.8) is 0 Å². The van der Waals surface area contributed by atoms with Crippen LogP contribution in [0, 0.1) is 0 Å². The second kappa shape index (κ2) is 9.90. The summed E-state index contributed by atoms with van der Waals surface area (Å²) in [5.74, 6) is 0.494. The molecule has 2 aromatic rings. The molecule has 2 aromatic carbocycles. The summed E-state index contributed by atoms with van der Waals surface area (Å²) < 4.78 is 30.2. The fraction of sp³-hybridized carbons (Fsp3) is 0.318. The molecule has 1 unspecified atom stereocenters. The minimum absolute atomic E-state index is 0.110. The molecule has 0 fully saturated rings. The normalized spacial score (nSPS) is 18.7. The van der Waals surface area contributed by atoms with Crippen molar-refractivity contribution in [2.24, 2.45) is 24.7 Å². The van der Waals surface area contributed by atoms with Crippen LogP contribution in [0.3, 0.4) is 0 Å². The molecule has 2 aliphatic heterocycles. The van der Waals surface area contributed by atoms with Gasteiger partial charge in [-0.1, -0.05) is 68.4 Å². The van der Waals surface area contributed by atoms with Gasteiger partial charge >= 0.3 is 10.2 Å². The predicted octanol–water partition coefficient (Wildman–Crippen LogP) is 3.84. The molecule has 0 saturated carbocycles. The molecular weight excluding hydrogens is 462 g/mol. The molecule has 4 rings (SSSR count). The first-order valence-electron chi connectivity index (χ1n) is 10.6. The Balaban J connectivity index is 1.68. The third kappa shape index (κ3) is 5.02. The molecule has 172 valence electrons. The molecule has 11 heteroatoms. The summed E-state index contributed by atoms with van der Waals surface area (Å²) in [6.45, 7) is 4.85. The van der Waals surface area contributed by atoms with Gasteiger partial charge in [0.05, 0.1) is 12.3 Å². The van der Waals surface area contributed by atoms with Crippen molar-refractivity contribution in [3.05, 3.63) is 71.3 Å². The maximum atomic E-state index is 12.6. The second-order valence-corrected chi connectivity index (χ2v) is 9.33. The van der Waals surface area contributed by atoms with Crippen molar-refractivity contribution in [3.8, 4) is 0 Å². The van der Waals surface area contributed by atoms with E-state index in [2.05, 4.69) is 24.7 Å². The Morgan fingerprint density at radius 1 is 1.09 bits per heavy atom. The van der Waals surface area contributed by atoms with E-state index in [0.29, 0.717) is 32.1 Å². The summed E-state index contributed by atoms with van der Waals surface area (Å²) in [6, 6.07) is 17.6. The number of azo groups is 1. The van der Waals surface area contributed by atoms with Gasteiger partial charge in [0.25, 0.3) is 0 Å². The lowest BCUT2D eigenvalue weighted by Crippen LogP contribution is -2.31. The lowest BCUT2D eigenvalue weighted by molar-refractivity contribution is 0.443. The highest BCUT2D eigenvalue weighted by molar-refractivity contribution is 7.88. The van der Waals surface area contributed by atoms with Gasteiger partial charge in [-0.05, 0) is 22.7 Å². The topological polar surface area (TPSA) is 102 Å². The number of rotatable bonds is 7. The smallest absolute Gasteiger partial charge is 0.239 e. The maximum absolute atomic E-state index is 12.6. The SMILES string of the molecule is CCN(CC)S(=O)(=O)N=C(Cl)N1CC(c2ccccc2)C(c2ccc(C3=NCN=N3)cc2)=N1. The van der Waals surface area contributed by atoms with Gasteiger partial charge in [0.1, 0.15) is 0 Å². The Hall–Kier alpha value is -2.95. The summed E-state index contributed by atoms with van der Waals surface area (Å²) in [6.07, 6.45) is 0. The Kier molecular flexibility index (Phi) is 6.96. The van der Waals surface area contributed by atoms with Gasteiger partial charge in [0.2, 0.25) is 5.29 Å². The first kappa shape index (κ1) is 23.2. The lowest BCUT2D eigenvalue weighted by atomic mass is 9.90. The van der Waals surface area contributed by atoms with Gasteiger partial charge in [0, 0.05) is 24.6 Å². The van der Waals surface area contributed by atoms with E-state index in [4.69, 9.17) is 11.6 Å². The van der Waals surface area contributed by atoms with Gasteiger partial charge in [-0.25, -0.2) is 10.0 Å². The minimum Gasteiger partial charge on any atom is -0.239 e. The Bertz CT molecular complexity index is 1220. The predicted molar refractivity (Wildman–Crippen MR) is 130 cm³/mol. The zero-order chi connectivity index (χ0) is 23.4. The summed E-state index contributed by atoms with van der Waals surface area (Å²) in [7, 11) is -3.89. The molecular formula is C22H24ClN7O2S. The molecule has 0 aromatic heterocycles. The van der Waals surface area contributed by atoms with Gasteiger partial charge in [-0.15, -0.1) is 9.51 Å². The average Bonchev–Trinajstić information content (AvgIpc) is 3.51. The molecule has 2 heterocycles. The maximum Gasteiger partial charge on any atom is 0.325 e. The Labute approximate surface area is 198 Å². The fourth-order valence-corrected chi connectivity index (χ4v) is 5.16. The van der Waals surface area contributed by atoms with Crippen LogP contribution in [0.4, 0.5) is 0 Å². The van der Waals surface area contributed by atoms with Crippen LogP contribution in [0.5, 0.6) is 0 Å². The quantitative estimate of drug-likeness (QED) is 0.338. The van der Waals surface area contributed by atoms with Crippen LogP contribution in [0.15, 0.2) is 79.3 Å². The molecule has 0 spiro atoms. The van der Waals surface area contributed by atoms with Crippen LogP contribution in [0.25, 0.3) is 0 Å². The van der Waals surface area contributed by atoms with Crippen LogP contribution in [0.1, 0.15) is 36.5 Å². The Morgan fingerprint density at radius 2 is 1.76 bits per heavy atom. The lowest BCUT2D eigenvalue weighted by Gasteiger charge is -2.17. The van der Waals surface area contributed by atoms with Gasteiger partial charge in [0.15, 0.2) is 12.5 Å². The van der Waals surface area contributed by atoms with Crippen molar-refractivity contribution < 1.29 is 8.42 Å². The number of hydrazone groups is 1. The van der Waals surface area contributed by atoms with E-state index in [1.807, 2.05) is 54.6 Å². The second-order valence-electron chi connectivity index (χ2n) is 7.39. The van der Waals surface area contributed by atoms with E-state index >= 15 is 0 Å². The van der Waals surface area contributed by atoms with Crippen molar-refractivity contribution >= 4 is 38.7 Å². The zero-order valence-electron chi connectivity index (χ0n) is 18.3. The summed E-state index contributed by atoms with van der Waals surface area (Å²) in [5, 5.41) is 13.9. The van der Waals surface area contributed by atoms with Crippen molar-refractivity contribution in [1.82, 2.24) is 9.31 Å². The van der Waals surface area contributed by atoms with Crippen LogP contribution < -0.4 is 0 Å². The monoisotopic (exact) mass is 485 g/mol. The number of nitrogens with zero attached hydrogens (tertiary/aromatic N) is 7. The van der Waals surface area contributed by atoms with Gasteiger partial charge in [-0.2, -0.15) is 22.9 Å². The molecule has 0 bridgehead atoms. The molecule has 9 nitrogen and oxygen atoms in total. The summed E-state index contributed by atoms with van der Waals surface area (Å²) >= 11 is 6.37. The number of halogens is 1. The van der Waals surface area contributed by atoms with Gasteiger partial charge < -0.3 is 0 Å². The number of aliphatic imine (C=N–C) groups is 1. The van der Waals surface area contributed by atoms with E-state index in [9.17, 15) is 8.42 Å². The molecule has 0 amide bonds. The highest BCUT2D eigenvalue weighted by Crippen LogP contribution is 2.30. The van der Waals surface area contributed by atoms with E-state index < -0.39 is 10.2 Å². The van der Waals surface area contributed by atoms with Crippen molar-refractivity contribution in [2.75, 3.05) is 26.3 Å². The number of amidine groups is 2. The third-order valence-electron chi connectivity index (χ3n) is 5.44. The van der Waals surface area contributed by atoms with Crippen LogP contribution in [-0.2, 0) is 10.2 Å². The van der Waals surface area contributed by atoms with Crippen LogP contribution in [0.2, 0.25) is 0 Å². The zero-order valence-corrected chi connectivity index (χ0v) is 19.9.